The highest BCUT2D eigenvalue weighted by molar-refractivity contribution is 5.39. The van der Waals surface area contributed by atoms with Crippen molar-refractivity contribution in [3.8, 4) is 0 Å². The van der Waals surface area contributed by atoms with Gasteiger partial charge in [-0.2, -0.15) is 0 Å². The Morgan fingerprint density at radius 3 is 2.67 bits per heavy atom. The molecule has 0 spiro atoms. The highest BCUT2D eigenvalue weighted by Gasteiger charge is 2.17. The van der Waals surface area contributed by atoms with E-state index in [0.717, 1.165) is 63.6 Å². The Morgan fingerprint density at radius 2 is 2.00 bits per heavy atom. The van der Waals surface area contributed by atoms with Gasteiger partial charge in [-0.3, -0.25) is 4.90 Å². The predicted molar refractivity (Wildman–Crippen MR) is 73.7 cm³/mol. The molecule has 1 aromatic rings. The second kappa shape index (κ2) is 6.66. The Hall–Kier alpha value is -1.20. The minimum Gasteiger partial charge on any atom is -0.354 e. The van der Waals surface area contributed by atoms with E-state index in [1.165, 1.54) is 0 Å². The summed E-state index contributed by atoms with van der Waals surface area (Å²) in [5, 5.41) is 0. The Balaban J connectivity index is 1.88. The van der Waals surface area contributed by atoms with E-state index in [0.29, 0.717) is 0 Å². The molecular formula is C13H23N5. The van der Waals surface area contributed by atoms with E-state index < -0.39 is 0 Å². The average Bonchev–Trinajstić information content (AvgIpc) is 2.46. The monoisotopic (exact) mass is 249 g/mol. The van der Waals surface area contributed by atoms with Gasteiger partial charge in [-0.05, 0) is 25.9 Å². The highest BCUT2D eigenvalue weighted by Crippen LogP contribution is 2.14. The third-order valence-electron chi connectivity index (χ3n) is 3.45. The van der Waals surface area contributed by atoms with Crippen LogP contribution in [-0.4, -0.2) is 54.1 Å². The Morgan fingerprint density at radius 1 is 1.22 bits per heavy atom. The van der Waals surface area contributed by atoms with Crippen LogP contribution in [0.5, 0.6) is 0 Å². The summed E-state index contributed by atoms with van der Waals surface area (Å²) in [4.78, 5) is 13.4. The molecule has 5 heteroatoms. The first-order valence-corrected chi connectivity index (χ1v) is 6.81. The number of nitrogens with two attached hydrogens (primary N) is 1. The molecule has 1 aliphatic heterocycles. The maximum Gasteiger partial charge on any atom is 0.132 e. The molecule has 18 heavy (non-hydrogen) atoms. The summed E-state index contributed by atoms with van der Waals surface area (Å²) in [6.45, 7) is 8.32. The normalized spacial score (nSPS) is 17.1. The third kappa shape index (κ3) is 3.40. The maximum absolute atomic E-state index is 5.54. The number of aromatic nitrogens is 2. The fourth-order valence-electron chi connectivity index (χ4n) is 2.27. The lowest BCUT2D eigenvalue weighted by Crippen LogP contribution is -2.47. The van der Waals surface area contributed by atoms with Gasteiger partial charge >= 0.3 is 0 Å². The van der Waals surface area contributed by atoms with Crippen LogP contribution in [0.4, 0.5) is 5.82 Å². The maximum atomic E-state index is 5.54. The van der Waals surface area contributed by atoms with Crippen LogP contribution in [0.1, 0.15) is 19.0 Å². The second-order valence-electron chi connectivity index (χ2n) is 4.69. The van der Waals surface area contributed by atoms with Gasteiger partial charge in [0.1, 0.15) is 12.1 Å². The molecule has 0 bridgehead atoms. The van der Waals surface area contributed by atoms with Crippen molar-refractivity contribution in [3.05, 3.63) is 18.1 Å². The topological polar surface area (TPSA) is 58.3 Å². The summed E-state index contributed by atoms with van der Waals surface area (Å²) < 4.78 is 0. The lowest BCUT2D eigenvalue weighted by Gasteiger charge is -2.35. The van der Waals surface area contributed by atoms with E-state index in [1.807, 2.05) is 0 Å². The van der Waals surface area contributed by atoms with Crippen molar-refractivity contribution in [2.24, 2.45) is 5.73 Å². The van der Waals surface area contributed by atoms with Crippen LogP contribution in [0.3, 0.4) is 0 Å². The van der Waals surface area contributed by atoms with Crippen molar-refractivity contribution in [3.63, 3.8) is 0 Å². The van der Waals surface area contributed by atoms with E-state index in [1.54, 1.807) is 6.33 Å². The zero-order valence-electron chi connectivity index (χ0n) is 11.2. The van der Waals surface area contributed by atoms with Gasteiger partial charge in [-0.15, -0.1) is 0 Å². The third-order valence-corrected chi connectivity index (χ3v) is 3.45. The minimum absolute atomic E-state index is 0.784. The van der Waals surface area contributed by atoms with E-state index in [-0.39, 0.29) is 0 Å². The van der Waals surface area contributed by atoms with Crippen LogP contribution in [0.2, 0.25) is 0 Å². The number of nitrogens with zero attached hydrogens (tertiary/aromatic N) is 4. The number of hydrogen-bond acceptors (Lipinski definition) is 5. The fraction of sp³-hybridized carbons (Fsp3) is 0.692. The Bertz CT molecular complexity index is 360. The average molecular weight is 249 g/mol. The number of rotatable bonds is 5. The molecule has 2 heterocycles. The van der Waals surface area contributed by atoms with E-state index in [2.05, 4.69) is 32.8 Å². The largest absolute Gasteiger partial charge is 0.354 e. The summed E-state index contributed by atoms with van der Waals surface area (Å²) >= 11 is 0. The van der Waals surface area contributed by atoms with Gasteiger partial charge in [0.2, 0.25) is 0 Å². The van der Waals surface area contributed by atoms with Crippen molar-refractivity contribution < 1.29 is 0 Å². The summed E-state index contributed by atoms with van der Waals surface area (Å²) in [6.07, 6.45) is 3.73. The molecule has 0 amide bonds. The smallest absolute Gasteiger partial charge is 0.132 e. The first kappa shape index (κ1) is 13.2. The van der Waals surface area contributed by atoms with Gasteiger partial charge in [-0.25, -0.2) is 9.97 Å². The molecule has 1 aliphatic rings. The first-order chi connectivity index (χ1) is 8.83. The van der Waals surface area contributed by atoms with Gasteiger partial charge in [-0.1, -0.05) is 6.92 Å². The molecule has 0 unspecified atom stereocenters. The van der Waals surface area contributed by atoms with Crippen LogP contribution in [-0.2, 0) is 6.42 Å². The van der Waals surface area contributed by atoms with E-state index in [4.69, 9.17) is 5.73 Å². The molecule has 0 radical (unpaired) electrons. The summed E-state index contributed by atoms with van der Waals surface area (Å²) in [6, 6.07) is 2.11. The van der Waals surface area contributed by atoms with Crippen molar-refractivity contribution in [2.45, 2.75) is 19.8 Å². The van der Waals surface area contributed by atoms with E-state index >= 15 is 0 Å². The fourth-order valence-corrected chi connectivity index (χ4v) is 2.27. The van der Waals surface area contributed by atoms with Crippen LogP contribution in [0, 0.1) is 0 Å². The molecular weight excluding hydrogens is 226 g/mol. The summed E-state index contributed by atoms with van der Waals surface area (Å²) in [5.74, 6) is 1.07. The second-order valence-corrected chi connectivity index (χ2v) is 4.69. The van der Waals surface area contributed by atoms with Gasteiger partial charge in [0.15, 0.2) is 0 Å². The Labute approximate surface area is 109 Å². The van der Waals surface area contributed by atoms with E-state index in [9.17, 15) is 0 Å². The quantitative estimate of drug-likeness (QED) is 0.824. The molecule has 1 saturated heterocycles. The van der Waals surface area contributed by atoms with Gasteiger partial charge in [0.25, 0.3) is 0 Å². The lowest BCUT2D eigenvalue weighted by molar-refractivity contribution is 0.256. The number of hydrogen-bond donors (Lipinski definition) is 1. The van der Waals surface area contributed by atoms with Crippen LogP contribution in [0.15, 0.2) is 12.4 Å². The molecule has 0 saturated carbocycles. The molecule has 2 rings (SSSR count). The number of anilines is 1. The van der Waals surface area contributed by atoms with Gasteiger partial charge < -0.3 is 10.6 Å². The molecule has 2 N–H and O–H groups in total. The Kier molecular flexibility index (Phi) is 4.90. The number of piperazine rings is 1. The zero-order chi connectivity index (χ0) is 12.8. The number of aryl methyl sites for hydroxylation is 1. The van der Waals surface area contributed by atoms with Crippen molar-refractivity contribution in [1.29, 1.82) is 0 Å². The molecule has 1 fully saturated rings. The van der Waals surface area contributed by atoms with Gasteiger partial charge in [0.05, 0.1) is 0 Å². The standard InChI is InChI=1S/C13H23N5/c1-2-12-10-13(16-11-15-12)18-8-6-17(7-9-18)5-3-4-14/h10-11H,2-9,14H2,1H3. The van der Waals surface area contributed by atoms with Crippen molar-refractivity contribution in [1.82, 2.24) is 14.9 Å². The predicted octanol–water partition coefficient (Wildman–Crippen LogP) is 0.510. The van der Waals surface area contributed by atoms with Crippen LogP contribution >= 0.6 is 0 Å². The first-order valence-electron chi connectivity index (χ1n) is 6.81. The zero-order valence-corrected chi connectivity index (χ0v) is 11.2. The van der Waals surface area contributed by atoms with Crippen molar-refractivity contribution in [2.75, 3.05) is 44.2 Å². The molecule has 0 aromatic carbocycles. The SMILES string of the molecule is CCc1cc(N2CCN(CCCN)CC2)ncn1. The van der Waals surface area contributed by atoms with Gasteiger partial charge in [0, 0.05) is 37.9 Å². The molecule has 1 aromatic heterocycles. The summed E-state index contributed by atoms with van der Waals surface area (Å²) in [5.41, 5.74) is 6.66. The molecule has 0 aliphatic carbocycles. The molecule has 0 atom stereocenters. The van der Waals surface area contributed by atoms with Crippen molar-refractivity contribution >= 4 is 5.82 Å². The molecule has 100 valence electrons. The lowest BCUT2D eigenvalue weighted by atomic mass is 10.2. The van der Waals surface area contributed by atoms with Crippen LogP contribution < -0.4 is 10.6 Å². The minimum atomic E-state index is 0.784. The molecule has 5 nitrogen and oxygen atoms in total. The van der Waals surface area contributed by atoms with Crippen LogP contribution in [0.25, 0.3) is 0 Å². The highest BCUT2D eigenvalue weighted by atomic mass is 15.3. The summed E-state index contributed by atoms with van der Waals surface area (Å²) in [7, 11) is 0.